The number of rotatable bonds is 5. The summed E-state index contributed by atoms with van der Waals surface area (Å²) in [5.41, 5.74) is -0.397. The van der Waals surface area contributed by atoms with E-state index in [0.717, 1.165) is 17.8 Å². The molecule has 0 bridgehead atoms. The van der Waals surface area contributed by atoms with E-state index in [2.05, 4.69) is 10.3 Å². The molecule has 7 heteroatoms. The molecule has 0 aliphatic carbocycles. The largest absolute Gasteiger partial charge is 0.440 e. The van der Waals surface area contributed by atoms with Crippen LogP contribution in [0.5, 0.6) is 0 Å². The zero-order valence-corrected chi connectivity index (χ0v) is 11.5. The van der Waals surface area contributed by atoms with Crippen molar-refractivity contribution in [2.75, 3.05) is 6.54 Å². The van der Waals surface area contributed by atoms with Crippen LogP contribution in [0.4, 0.5) is 13.2 Å². The monoisotopic (exact) mass is 302 g/mol. The van der Waals surface area contributed by atoms with Crippen LogP contribution in [0.1, 0.15) is 18.1 Å². The minimum Gasteiger partial charge on any atom is -0.440 e. The number of alkyl halides is 3. The third-order valence-corrected chi connectivity index (χ3v) is 3.43. The van der Waals surface area contributed by atoms with Gasteiger partial charge in [0.1, 0.15) is 6.26 Å². The van der Waals surface area contributed by atoms with Gasteiger partial charge in [0.25, 0.3) is 5.22 Å². The van der Waals surface area contributed by atoms with Crippen molar-refractivity contribution in [3.05, 3.63) is 41.8 Å². The number of nitrogens with one attached hydrogen (secondary N) is 1. The lowest BCUT2D eigenvalue weighted by molar-refractivity contribution is -0.138. The molecule has 0 radical (unpaired) electrons. The Morgan fingerprint density at radius 2 is 2.15 bits per heavy atom. The number of aromatic nitrogens is 1. The molecule has 2 rings (SSSR count). The van der Waals surface area contributed by atoms with Gasteiger partial charge < -0.3 is 9.73 Å². The topological polar surface area (TPSA) is 38.1 Å². The average Bonchev–Trinajstić information content (AvgIpc) is 2.89. The van der Waals surface area contributed by atoms with Crippen LogP contribution in [-0.4, -0.2) is 11.5 Å². The van der Waals surface area contributed by atoms with Gasteiger partial charge in [0.05, 0.1) is 11.8 Å². The summed E-state index contributed by atoms with van der Waals surface area (Å²) in [5, 5.41) is 3.22. The highest BCUT2D eigenvalue weighted by atomic mass is 32.2. The Bertz CT molecular complexity index is 555. The van der Waals surface area contributed by atoms with Gasteiger partial charge in [-0.05, 0) is 36.0 Å². The molecule has 1 aromatic heterocycles. The zero-order chi connectivity index (χ0) is 14.6. The van der Waals surface area contributed by atoms with Gasteiger partial charge in [-0.1, -0.05) is 13.0 Å². The molecule has 0 aliphatic rings. The van der Waals surface area contributed by atoms with Crippen molar-refractivity contribution in [2.24, 2.45) is 0 Å². The van der Waals surface area contributed by atoms with Crippen molar-refractivity contribution in [3.8, 4) is 0 Å². The predicted octanol–water partition coefficient (Wildman–Crippen LogP) is 3.95. The van der Waals surface area contributed by atoms with Crippen LogP contribution in [0.2, 0.25) is 0 Å². The molecule has 0 fully saturated rings. The second-order valence-corrected chi connectivity index (χ2v) is 5.02. The molecule has 108 valence electrons. The first-order valence-electron chi connectivity index (χ1n) is 5.99. The molecule has 2 aromatic rings. The molecule has 0 saturated carbocycles. The Hall–Kier alpha value is -1.47. The number of hydrogen-bond donors (Lipinski definition) is 1. The third-order valence-electron chi connectivity index (χ3n) is 2.57. The Morgan fingerprint density at radius 1 is 1.35 bits per heavy atom. The maximum Gasteiger partial charge on any atom is 0.416 e. The van der Waals surface area contributed by atoms with Crippen molar-refractivity contribution in [3.63, 3.8) is 0 Å². The van der Waals surface area contributed by atoms with Crippen molar-refractivity contribution in [1.29, 1.82) is 0 Å². The molecular weight excluding hydrogens is 289 g/mol. The van der Waals surface area contributed by atoms with Crippen LogP contribution in [0.15, 0.2) is 45.2 Å². The van der Waals surface area contributed by atoms with Crippen LogP contribution in [0.3, 0.4) is 0 Å². The van der Waals surface area contributed by atoms with Gasteiger partial charge in [-0.25, -0.2) is 4.98 Å². The second kappa shape index (κ2) is 6.32. The van der Waals surface area contributed by atoms with E-state index in [1.165, 1.54) is 18.5 Å². The van der Waals surface area contributed by atoms with Gasteiger partial charge in [0.2, 0.25) is 0 Å². The summed E-state index contributed by atoms with van der Waals surface area (Å²) < 4.78 is 44.2. The van der Waals surface area contributed by atoms with Gasteiger partial charge in [0.15, 0.2) is 0 Å². The lowest BCUT2D eigenvalue weighted by atomic mass is 10.1. The average molecular weight is 302 g/mol. The third kappa shape index (κ3) is 3.77. The van der Waals surface area contributed by atoms with Crippen molar-refractivity contribution in [1.82, 2.24) is 10.3 Å². The van der Waals surface area contributed by atoms with E-state index in [1.54, 1.807) is 6.07 Å². The summed E-state index contributed by atoms with van der Waals surface area (Å²) in [6.07, 6.45) is -1.54. The number of oxazole rings is 1. The van der Waals surface area contributed by atoms with E-state index >= 15 is 0 Å². The fourth-order valence-corrected chi connectivity index (χ4v) is 2.39. The van der Waals surface area contributed by atoms with Gasteiger partial charge in [-0.3, -0.25) is 0 Å². The maximum atomic E-state index is 13.1. The Labute approximate surface area is 118 Å². The number of benzene rings is 1. The van der Waals surface area contributed by atoms with Crippen LogP contribution in [-0.2, 0) is 12.7 Å². The second-order valence-electron chi connectivity index (χ2n) is 4.00. The first-order chi connectivity index (χ1) is 9.50. The molecule has 0 unspecified atom stereocenters. The first kappa shape index (κ1) is 14.9. The summed E-state index contributed by atoms with van der Waals surface area (Å²) in [7, 11) is 0. The van der Waals surface area contributed by atoms with E-state index in [4.69, 9.17) is 4.42 Å². The van der Waals surface area contributed by atoms with Crippen LogP contribution in [0, 0.1) is 0 Å². The number of nitrogens with zero attached hydrogens (tertiary/aromatic N) is 1. The number of halogens is 3. The lowest BCUT2D eigenvalue weighted by Crippen LogP contribution is -2.17. The molecule has 1 aromatic carbocycles. The SMILES string of the molecule is CCNCc1ccc(Sc2ncco2)cc1C(F)(F)F. The Morgan fingerprint density at radius 3 is 2.75 bits per heavy atom. The molecule has 20 heavy (non-hydrogen) atoms. The van der Waals surface area contributed by atoms with E-state index in [9.17, 15) is 13.2 Å². The molecule has 1 heterocycles. The smallest absolute Gasteiger partial charge is 0.416 e. The minimum absolute atomic E-state index is 0.190. The summed E-state index contributed by atoms with van der Waals surface area (Å²) in [4.78, 5) is 4.32. The maximum absolute atomic E-state index is 13.1. The van der Waals surface area contributed by atoms with E-state index in [1.807, 2.05) is 6.92 Å². The Kier molecular flexibility index (Phi) is 4.72. The molecule has 0 spiro atoms. The van der Waals surface area contributed by atoms with Crippen LogP contribution < -0.4 is 5.32 Å². The predicted molar refractivity (Wildman–Crippen MR) is 69.5 cm³/mol. The van der Waals surface area contributed by atoms with Crippen molar-refractivity contribution < 1.29 is 17.6 Å². The van der Waals surface area contributed by atoms with E-state index < -0.39 is 11.7 Å². The molecule has 0 atom stereocenters. The standard InChI is InChI=1S/C13H13F3N2OS/c1-2-17-8-9-3-4-10(7-11(9)13(14,15)16)20-12-18-5-6-19-12/h3-7,17H,2,8H2,1H3. The molecule has 0 amide bonds. The van der Waals surface area contributed by atoms with Crippen LogP contribution in [0.25, 0.3) is 0 Å². The van der Waals surface area contributed by atoms with E-state index in [-0.39, 0.29) is 12.1 Å². The van der Waals surface area contributed by atoms with Gasteiger partial charge in [-0.2, -0.15) is 13.2 Å². The normalized spacial score (nSPS) is 11.8. The quantitative estimate of drug-likeness (QED) is 0.907. The van der Waals surface area contributed by atoms with Gasteiger partial charge >= 0.3 is 6.18 Å². The van der Waals surface area contributed by atoms with E-state index in [0.29, 0.717) is 16.7 Å². The van der Waals surface area contributed by atoms with Gasteiger partial charge in [0, 0.05) is 11.4 Å². The fraction of sp³-hybridized carbons (Fsp3) is 0.308. The zero-order valence-electron chi connectivity index (χ0n) is 10.7. The van der Waals surface area contributed by atoms with Gasteiger partial charge in [-0.15, -0.1) is 0 Å². The molecule has 3 nitrogen and oxygen atoms in total. The highest BCUT2D eigenvalue weighted by Gasteiger charge is 2.33. The summed E-state index contributed by atoms with van der Waals surface area (Å²) in [5.74, 6) is 0. The number of hydrogen-bond acceptors (Lipinski definition) is 4. The molecule has 1 N–H and O–H groups in total. The summed E-state index contributed by atoms with van der Waals surface area (Å²) in [6, 6.07) is 4.25. The Balaban J connectivity index is 2.28. The first-order valence-corrected chi connectivity index (χ1v) is 6.80. The van der Waals surface area contributed by atoms with Crippen molar-refractivity contribution >= 4 is 11.8 Å². The minimum atomic E-state index is -4.38. The molecular formula is C13H13F3N2OS. The fourth-order valence-electron chi connectivity index (χ4n) is 1.66. The summed E-state index contributed by atoms with van der Waals surface area (Å²) >= 11 is 1.06. The van der Waals surface area contributed by atoms with Crippen molar-refractivity contribution in [2.45, 2.75) is 29.8 Å². The highest BCUT2D eigenvalue weighted by Crippen LogP contribution is 2.36. The van der Waals surface area contributed by atoms with Crippen LogP contribution >= 0.6 is 11.8 Å². The lowest BCUT2D eigenvalue weighted by Gasteiger charge is -2.14. The highest BCUT2D eigenvalue weighted by molar-refractivity contribution is 7.99. The molecule has 0 aliphatic heterocycles. The summed E-state index contributed by atoms with van der Waals surface area (Å²) in [6.45, 7) is 2.65. The molecule has 0 saturated heterocycles.